The third-order valence-corrected chi connectivity index (χ3v) is 2.43. The zero-order valence-corrected chi connectivity index (χ0v) is 8.39. The Morgan fingerprint density at radius 1 is 1.33 bits per heavy atom. The van der Waals surface area contributed by atoms with Gasteiger partial charge in [0.15, 0.2) is 6.29 Å². The predicted molar refractivity (Wildman–Crippen MR) is 51.6 cm³/mol. The van der Waals surface area contributed by atoms with E-state index in [2.05, 4.69) is 0 Å². The van der Waals surface area contributed by atoms with Gasteiger partial charge < -0.3 is 14.6 Å². The standard InChI is InChI=1S/C11H13FO3/c1-7-14-10(6-13)11(15-7)8-4-2-3-5-9(8)12/h2-5,7,10-11,13H,6H2,1H3/t7?,10-,11-/m0/s1. The monoisotopic (exact) mass is 212 g/mol. The Bertz CT molecular complexity index is 342. The van der Waals surface area contributed by atoms with Crippen molar-refractivity contribution >= 4 is 0 Å². The molecule has 3 nitrogen and oxygen atoms in total. The van der Waals surface area contributed by atoms with Crippen LogP contribution in [-0.4, -0.2) is 24.1 Å². The van der Waals surface area contributed by atoms with E-state index < -0.39 is 18.5 Å². The summed E-state index contributed by atoms with van der Waals surface area (Å²) in [6.45, 7) is 1.55. The minimum Gasteiger partial charge on any atom is -0.394 e. The molecule has 1 saturated heterocycles. The summed E-state index contributed by atoms with van der Waals surface area (Å²) < 4.78 is 24.2. The van der Waals surface area contributed by atoms with Crippen molar-refractivity contribution in [3.05, 3.63) is 35.6 Å². The number of ether oxygens (including phenoxy) is 2. The molecule has 1 N–H and O–H groups in total. The van der Waals surface area contributed by atoms with Crippen LogP contribution in [0.4, 0.5) is 4.39 Å². The molecule has 3 atom stereocenters. The summed E-state index contributed by atoms with van der Waals surface area (Å²) in [5, 5.41) is 9.08. The van der Waals surface area contributed by atoms with Crippen LogP contribution >= 0.6 is 0 Å². The van der Waals surface area contributed by atoms with E-state index in [1.807, 2.05) is 0 Å². The maximum Gasteiger partial charge on any atom is 0.156 e. The molecule has 1 aromatic rings. The smallest absolute Gasteiger partial charge is 0.156 e. The summed E-state index contributed by atoms with van der Waals surface area (Å²) in [7, 11) is 0. The van der Waals surface area contributed by atoms with Gasteiger partial charge in [-0.25, -0.2) is 4.39 Å². The van der Waals surface area contributed by atoms with Crippen molar-refractivity contribution in [2.24, 2.45) is 0 Å². The fourth-order valence-electron chi connectivity index (χ4n) is 1.76. The van der Waals surface area contributed by atoms with Gasteiger partial charge in [-0.2, -0.15) is 0 Å². The Labute approximate surface area is 87.4 Å². The molecule has 0 saturated carbocycles. The van der Waals surface area contributed by atoms with Gasteiger partial charge in [0.05, 0.1) is 6.61 Å². The van der Waals surface area contributed by atoms with Crippen LogP contribution in [0.1, 0.15) is 18.6 Å². The van der Waals surface area contributed by atoms with Crippen molar-refractivity contribution in [2.75, 3.05) is 6.61 Å². The van der Waals surface area contributed by atoms with E-state index in [-0.39, 0.29) is 12.4 Å². The first kappa shape index (κ1) is 10.5. The molecule has 0 bridgehead atoms. The number of hydrogen-bond donors (Lipinski definition) is 1. The number of halogens is 1. The summed E-state index contributed by atoms with van der Waals surface area (Å²) >= 11 is 0. The molecule has 1 aliphatic rings. The third-order valence-electron chi connectivity index (χ3n) is 2.43. The highest BCUT2D eigenvalue weighted by Gasteiger charge is 2.35. The van der Waals surface area contributed by atoms with E-state index >= 15 is 0 Å². The molecule has 1 fully saturated rings. The summed E-state index contributed by atoms with van der Waals surface area (Å²) in [6, 6.07) is 6.37. The Morgan fingerprint density at radius 2 is 2.07 bits per heavy atom. The van der Waals surface area contributed by atoms with Gasteiger partial charge in [-0.1, -0.05) is 18.2 Å². The summed E-state index contributed by atoms with van der Waals surface area (Å²) in [5.74, 6) is -0.335. The van der Waals surface area contributed by atoms with Gasteiger partial charge in [0, 0.05) is 5.56 Å². The Morgan fingerprint density at radius 3 is 2.73 bits per heavy atom. The Balaban J connectivity index is 2.26. The van der Waals surface area contributed by atoms with E-state index in [1.54, 1.807) is 25.1 Å². The fraction of sp³-hybridized carbons (Fsp3) is 0.455. The Kier molecular flexibility index (Phi) is 3.00. The number of hydrogen-bond acceptors (Lipinski definition) is 3. The topological polar surface area (TPSA) is 38.7 Å². The first-order valence-electron chi connectivity index (χ1n) is 4.88. The van der Waals surface area contributed by atoms with Gasteiger partial charge in [-0.05, 0) is 13.0 Å². The number of benzene rings is 1. The molecule has 82 valence electrons. The van der Waals surface area contributed by atoms with Crippen LogP contribution in [0.2, 0.25) is 0 Å². The zero-order chi connectivity index (χ0) is 10.8. The number of aliphatic hydroxyl groups is 1. The van der Waals surface area contributed by atoms with Gasteiger partial charge in [-0.3, -0.25) is 0 Å². The second kappa shape index (κ2) is 4.26. The van der Waals surface area contributed by atoms with Crippen LogP contribution in [0.25, 0.3) is 0 Å². The van der Waals surface area contributed by atoms with Gasteiger partial charge in [0.1, 0.15) is 18.0 Å². The highest BCUT2D eigenvalue weighted by molar-refractivity contribution is 5.21. The molecule has 0 aromatic heterocycles. The first-order valence-corrected chi connectivity index (χ1v) is 4.88. The molecule has 15 heavy (non-hydrogen) atoms. The van der Waals surface area contributed by atoms with E-state index in [1.165, 1.54) is 6.07 Å². The SMILES string of the molecule is CC1O[C@@H](CO)[C@H](c2ccccc2F)O1. The first-order chi connectivity index (χ1) is 7.22. The normalized spacial score (nSPS) is 30.7. The van der Waals surface area contributed by atoms with Crippen LogP contribution in [-0.2, 0) is 9.47 Å². The zero-order valence-electron chi connectivity index (χ0n) is 8.39. The second-order valence-corrected chi connectivity index (χ2v) is 3.50. The van der Waals surface area contributed by atoms with Crippen molar-refractivity contribution in [1.82, 2.24) is 0 Å². The predicted octanol–water partition coefficient (Wildman–Crippen LogP) is 1.62. The largest absolute Gasteiger partial charge is 0.394 e. The average Bonchev–Trinajstić information content (AvgIpc) is 2.60. The molecular weight excluding hydrogens is 199 g/mol. The minimum absolute atomic E-state index is 0.177. The molecule has 0 aliphatic carbocycles. The molecule has 4 heteroatoms. The van der Waals surface area contributed by atoms with Gasteiger partial charge in [-0.15, -0.1) is 0 Å². The van der Waals surface area contributed by atoms with Crippen LogP contribution < -0.4 is 0 Å². The maximum atomic E-state index is 13.5. The second-order valence-electron chi connectivity index (χ2n) is 3.50. The Hall–Kier alpha value is -0.970. The molecule has 2 rings (SSSR count). The van der Waals surface area contributed by atoms with Crippen molar-refractivity contribution in [2.45, 2.75) is 25.4 Å². The lowest BCUT2D eigenvalue weighted by atomic mass is 10.0. The van der Waals surface area contributed by atoms with E-state index in [4.69, 9.17) is 14.6 Å². The lowest BCUT2D eigenvalue weighted by Crippen LogP contribution is -2.20. The van der Waals surface area contributed by atoms with Crippen molar-refractivity contribution in [1.29, 1.82) is 0 Å². The number of rotatable bonds is 2. The fourth-order valence-corrected chi connectivity index (χ4v) is 1.76. The van der Waals surface area contributed by atoms with Gasteiger partial charge in [0.2, 0.25) is 0 Å². The van der Waals surface area contributed by atoms with Crippen LogP contribution in [0, 0.1) is 5.82 Å². The van der Waals surface area contributed by atoms with Gasteiger partial charge >= 0.3 is 0 Å². The van der Waals surface area contributed by atoms with Crippen molar-refractivity contribution in [3.63, 3.8) is 0 Å². The van der Waals surface area contributed by atoms with Crippen molar-refractivity contribution in [3.8, 4) is 0 Å². The van der Waals surface area contributed by atoms with Gasteiger partial charge in [0.25, 0.3) is 0 Å². The number of aliphatic hydroxyl groups excluding tert-OH is 1. The quantitative estimate of drug-likeness (QED) is 0.809. The highest BCUT2D eigenvalue weighted by Crippen LogP contribution is 2.33. The average molecular weight is 212 g/mol. The van der Waals surface area contributed by atoms with E-state index in [9.17, 15) is 4.39 Å². The summed E-state index contributed by atoms with van der Waals surface area (Å²) in [6.07, 6.45) is -1.42. The molecule has 1 heterocycles. The van der Waals surface area contributed by atoms with E-state index in [0.717, 1.165) is 0 Å². The molecular formula is C11H13FO3. The lowest BCUT2D eigenvalue weighted by molar-refractivity contribution is -0.0565. The molecule has 0 radical (unpaired) electrons. The maximum absolute atomic E-state index is 13.5. The third kappa shape index (κ3) is 2.02. The molecule has 1 aliphatic heterocycles. The summed E-state index contributed by atoms with van der Waals surface area (Å²) in [5.41, 5.74) is 0.431. The lowest BCUT2D eigenvalue weighted by Gasteiger charge is -2.15. The van der Waals surface area contributed by atoms with Crippen LogP contribution in [0.5, 0.6) is 0 Å². The van der Waals surface area contributed by atoms with Crippen LogP contribution in [0.15, 0.2) is 24.3 Å². The molecule has 0 amide bonds. The van der Waals surface area contributed by atoms with Crippen LogP contribution in [0.3, 0.4) is 0 Å². The molecule has 1 unspecified atom stereocenters. The molecule has 1 aromatic carbocycles. The highest BCUT2D eigenvalue weighted by atomic mass is 19.1. The van der Waals surface area contributed by atoms with E-state index in [0.29, 0.717) is 5.56 Å². The summed E-state index contributed by atoms with van der Waals surface area (Å²) in [4.78, 5) is 0. The van der Waals surface area contributed by atoms with Crippen molar-refractivity contribution < 1.29 is 19.0 Å². The molecule has 0 spiro atoms. The minimum atomic E-state index is -0.522.